The summed E-state index contributed by atoms with van der Waals surface area (Å²) in [6.07, 6.45) is 3.30. The topological polar surface area (TPSA) is 105 Å². The zero-order chi connectivity index (χ0) is 24.3. The van der Waals surface area contributed by atoms with Gasteiger partial charge in [0, 0.05) is 30.9 Å². The maximum atomic E-state index is 13.3. The van der Waals surface area contributed by atoms with E-state index in [1.165, 1.54) is 6.07 Å². The van der Waals surface area contributed by atoms with Crippen molar-refractivity contribution in [3.8, 4) is 0 Å². The van der Waals surface area contributed by atoms with Crippen LogP contribution in [0, 0.1) is 13.8 Å². The molecule has 2 saturated heterocycles. The highest BCUT2D eigenvalue weighted by Gasteiger charge is 2.35. The van der Waals surface area contributed by atoms with Crippen molar-refractivity contribution < 1.29 is 22.7 Å². The summed E-state index contributed by atoms with van der Waals surface area (Å²) < 4.78 is 34.1. The van der Waals surface area contributed by atoms with Crippen LogP contribution in [0.1, 0.15) is 47.2 Å². The van der Waals surface area contributed by atoms with Crippen LogP contribution in [0.15, 0.2) is 47.4 Å². The molecule has 9 heteroatoms. The molecule has 0 spiro atoms. The molecule has 4 rings (SSSR count). The Morgan fingerprint density at radius 2 is 1.91 bits per heavy atom. The number of hydrogen-bond acceptors (Lipinski definition) is 5. The number of benzene rings is 2. The van der Waals surface area contributed by atoms with Crippen LogP contribution in [0.5, 0.6) is 0 Å². The molecular formula is C25H31N3O5S. The third kappa shape index (κ3) is 5.42. The van der Waals surface area contributed by atoms with E-state index in [1.54, 1.807) is 42.2 Å². The van der Waals surface area contributed by atoms with Gasteiger partial charge in [-0.1, -0.05) is 18.2 Å². The van der Waals surface area contributed by atoms with Gasteiger partial charge in [0.15, 0.2) is 0 Å². The zero-order valence-electron chi connectivity index (χ0n) is 19.5. The lowest BCUT2D eigenvalue weighted by Crippen LogP contribution is -2.47. The number of rotatable bonds is 7. The van der Waals surface area contributed by atoms with E-state index in [2.05, 4.69) is 10.0 Å². The number of anilines is 1. The molecule has 2 atom stereocenters. The van der Waals surface area contributed by atoms with Gasteiger partial charge in [0.05, 0.1) is 11.0 Å². The van der Waals surface area contributed by atoms with Crippen LogP contribution in [0.25, 0.3) is 0 Å². The van der Waals surface area contributed by atoms with Gasteiger partial charge in [0.1, 0.15) is 6.04 Å². The van der Waals surface area contributed by atoms with Crippen LogP contribution in [0.2, 0.25) is 0 Å². The van der Waals surface area contributed by atoms with E-state index in [0.29, 0.717) is 36.3 Å². The predicted molar refractivity (Wildman–Crippen MR) is 129 cm³/mol. The third-order valence-electron chi connectivity index (χ3n) is 6.34. The molecule has 0 radical (unpaired) electrons. The summed E-state index contributed by atoms with van der Waals surface area (Å²) in [5.74, 6) is -0.462. The van der Waals surface area contributed by atoms with Crippen LogP contribution in [0.3, 0.4) is 0 Å². The molecule has 182 valence electrons. The van der Waals surface area contributed by atoms with E-state index in [9.17, 15) is 18.0 Å². The summed E-state index contributed by atoms with van der Waals surface area (Å²) in [7, 11) is -3.82. The van der Waals surface area contributed by atoms with Gasteiger partial charge >= 0.3 is 0 Å². The lowest BCUT2D eigenvalue weighted by molar-refractivity contribution is -0.125. The maximum Gasteiger partial charge on any atom is 0.262 e. The Labute approximate surface area is 200 Å². The summed E-state index contributed by atoms with van der Waals surface area (Å²) >= 11 is 0. The smallest absolute Gasteiger partial charge is 0.262 e. The second-order valence-corrected chi connectivity index (χ2v) is 10.6. The van der Waals surface area contributed by atoms with E-state index in [1.807, 2.05) is 13.0 Å². The van der Waals surface area contributed by atoms with Gasteiger partial charge in [-0.05, 0) is 74.9 Å². The fourth-order valence-corrected chi connectivity index (χ4v) is 5.89. The van der Waals surface area contributed by atoms with E-state index in [0.717, 1.165) is 31.4 Å². The van der Waals surface area contributed by atoms with Crippen LogP contribution >= 0.6 is 0 Å². The number of hydrogen-bond donors (Lipinski definition) is 2. The molecule has 2 amide bonds. The average Bonchev–Trinajstić information content (AvgIpc) is 3.50. The number of likely N-dealkylation sites (tertiary alicyclic amines) is 1. The Hall–Kier alpha value is -2.91. The molecule has 0 bridgehead atoms. The molecule has 2 N–H and O–H groups in total. The number of carbonyl (C=O) groups excluding carboxylic acids is 2. The molecule has 34 heavy (non-hydrogen) atoms. The number of aryl methyl sites for hydroxylation is 2. The molecule has 0 saturated carbocycles. The lowest BCUT2D eigenvalue weighted by atomic mass is 10.1. The normalized spacial score (nSPS) is 20.4. The fourth-order valence-electron chi connectivity index (χ4n) is 4.51. The van der Waals surface area contributed by atoms with Crippen molar-refractivity contribution in [1.29, 1.82) is 0 Å². The van der Waals surface area contributed by atoms with Gasteiger partial charge in [-0.25, -0.2) is 8.42 Å². The van der Waals surface area contributed by atoms with Crippen LogP contribution in [-0.4, -0.2) is 57.0 Å². The highest BCUT2D eigenvalue weighted by molar-refractivity contribution is 7.92. The molecule has 0 aromatic heterocycles. The van der Waals surface area contributed by atoms with Crippen LogP contribution in [0.4, 0.5) is 5.69 Å². The molecule has 2 aliphatic rings. The summed E-state index contributed by atoms with van der Waals surface area (Å²) in [5.41, 5.74) is 2.11. The lowest BCUT2D eigenvalue weighted by Gasteiger charge is -2.25. The molecule has 2 heterocycles. The summed E-state index contributed by atoms with van der Waals surface area (Å²) in [4.78, 5) is 27.8. The van der Waals surface area contributed by atoms with Crippen molar-refractivity contribution in [3.63, 3.8) is 0 Å². The van der Waals surface area contributed by atoms with E-state index >= 15 is 0 Å². The summed E-state index contributed by atoms with van der Waals surface area (Å²) in [5, 5.41) is 2.92. The second-order valence-electron chi connectivity index (χ2n) is 8.99. The Morgan fingerprint density at radius 1 is 1.09 bits per heavy atom. The van der Waals surface area contributed by atoms with Crippen molar-refractivity contribution in [2.24, 2.45) is 0 Å². The van der Waals surface area contributed by atoms with Gasteiger partial charge in [-0.3, -0.25) is 14.3 Å². The number of carbonyl (C=O) groups is 2. The maximum absolute atomic E-state index is 13.3. The summed E-state index contributed by atoms with van der Waals surface area (Å²) in [6, 6.07) is 11.1. The molecule has 0 unspecified atom stereocenters. The van der Waals surface area contributed by atoms with Crippen LogP contribution in [-0.2, 0) is 19.6 Å². The molecule has 2 fully saturated rings. The predicted octanol–water partition coefficient (Wildman–Crippen LogP) is 3.00. The molecular weight excluding hydrogens is 454 g/mol. The van der Waals surface area contributed by atoms with E-state index in [4.69, 9.17) is 4.74 Å². The Balaban J connectivity index is 1.46. The number of nitrogens with zero attached hydrogens (tertiary/aromatic N) is 1. The van der Waals surface area contributed by atoms with E-state index in [-0.39, 0.29) is 22.8 Å². The molecule has 2 aromatic rings. The minimum atomic E-state index is -3.82. The van der Waals surface area contributed by atoms with Gasteiger partial charge < -0.3 is 15.0 Å². The Morgan fingerprint density at radius 3 is 2.68 bits per heavy atom. The molecule has 2 aromatic carbocycles. The highest BCUT2D eigenvalue weighted by atomic mass is 32.2. The largest absolute Gasteiger partial charge is 0.376 e. The van der Waals surface area contributed by atoms with Crippen molar-refractivity contribution in [2.75, 3.05) is 24.4 Å². The quantitative estimate of drug-likeness (QED) is 0.627. The average molecular weight is 486 g/mol. The Bertz CT molecular complexity index is 1170. The molecule has 2 aliphatic heterocycles. The molecule has 8 nitrogen and oxygen atoms in total. The second kappa shape index (κ2) is 10.1. The first-order valence-electron chi connectivity index (χ1n) is 11.6. The first kappa shape index (κ1) is 24.2. The van der Waals surface area contributed by atoms with Gasteiger partial charge in [0.2, 0.25) is 5.91 Å². The SMILES string of the molecule is Cc1ccc(C)c(S(=O)(=O)Nc2cccc(C(=O)N3CCC[C@H]3C(=O)NC[C@H]3CCCO3)c2)c1. The summed E-state index contributed by atoms with van der Waals surface area (Å²) in [6.45, 7) is 5.23. The highest BCUT2D eigenvalue weighted by Crippen LogP contribution is 2.24. The number of amides is 2. The first-order valence-corrected chi connectivity index (χ1v) is 13.1. The standard InChI is InChI=1S/C25H31N3O5S/c1-17-10-11-18(2)23(14-17)34(31,32)27-20-7-3-6-19(15-20)25(30)28-12-4-9-22(28)24(29)26-16-21-8-5-13-33-21/h3,6-7,10-11,14-15,21-22,27H,4-5,8-9,12-13,16H2,1-2H3,(H,26,29)/t21-,22+/m1/s1. The number of ether oxygens (including phenoxy) is 1. The van der Waals surface area contributed by atoms with Crippen LogP contribution < -0.4 is 10.0 Å². The van der Waals surface area contributed by atoms with E-state index < -0.39 is 16.1 Å². The monoisotopic (exact) mass is 485 g/mol. The van der Waals surface area contributed by atoms with Gasteiger partial charge in [0.25, 0.3) is 15.9 Å². The van der Waals surface area contributed by atoms with Gasteiger partial charge in [-0.15, -0.1) is 0 Å². The number of nitrogens with one attached hydrogen (secondary N) is 2. The van der Waals surface area contributed by atoms with Crippen molar-refractivity contribution in [2.45, 2.75) is 56.6 Å². The fraction of sp³-hybridized carbons (Fsp3) is 0.440. The first-order chi connectivity index (χ1) is 16.2. The van der Waals surface area contributed by atoms with Crippen molar-refractivity contribution in [3.05, 3.63) is 59.2 Å². The minimum absolute atomic E-state index is 0.0382. The van der Waals surface area contributed by atoms with Gasteiger partial charge in [-0.2, -0.15) is 0 Å². The third-order valence-corrected chi connectivity index (χ3v) is 7.86. The molecule has 0 aliphatic carbocycles. The van der Waals surface area contributed by atoms with Crippen molar-refractivity contribution in [1.82, 2.24) is 10.2 Å². The minimum Gasteiger partial charge on any atom is -0.376 e. The zero-order valence-corrected chi connectivity index (χ0v) is 20.4. The number of sulfonamides is 1. The Kier molecular flexibility index (Phi) is 7.23. The van der Waals surface area contributed by atoms with Crippen molar-refractivity contribution >= 4 is 27.5 Å².